The number of rotatable bonds is 3. The number of hydrogen-bond donors (Lipinski definition) is 1. The number of halogens is 1. The zero-order valence-electron chi connectivity index (χ0n) is 10.5. The summed E-state index contributed by atoms with van der Waals surface area (Å²) < 4.78 is 12.9. The lowest BCUT2D eigenvalue weighted by Gasteiger charge is -2.35. The number of likely N-dealkylation sites (tertiary alicyclic amines) is 1. The van der Waals surface area contributed by atoms with Crippen molar-refractivity contribution in [3.8, 4) is 0 Å². The molecule has 1 atom stereocenters. The summed E-state index contributed by atoms with van der Waals surface area (Å²) in [6.45, 7) is 5.13. The molecule has 0 bridgehead atoms. The highest BCUT2D eigenvalue weighted by Crippen LogP contribution is 2.21. The molecule has 0 aliphatic carbocycles. The Hall–Kier alpha value is -0.930. The first-order valence-corrected chi connectivity index (χ1v) is 6.35. The van der Waals surface area contributed by atoms with Crippen molar-refractivity contribution in [2.24, 2.45) is 5.73 Å². The molecule has 94 valence electrons. The zero-order chi connectivity index (χ0) is 12.3. The van der Waals surface area contributed by atoms with Gasteiger partial charge in [-0.15, -0.1) is 0 Å². The van der Waals surface area contributed by atoms with Crippen LogP contribution in [0.15, 0.2) is 24.3 Å². The molecule has 2 nitrogen and oxygen atoms in total. The van der Waals surface area contributed by atoms with Gasteiger partial charge in [-0.05, 0) is 50.6 Å². The van der Waals surface area contributed by atoms with Gasteiger partial charge in [0.2, 0.25) is 0 Å². The Morgan fingerprint density at radius 1 is 1.18 bits per heavy atom. The maximum Gasteiger partial charge on any atom is 0.123 e. The van der Waals surface area contributed by atoms with Crippen molar-refractivity contribution < 1.29 is 4.39 Å². The molecule has 2 rings (SSSR count). The Kier molecular flexibility index (Phi) is 3.79. The first-order valence-electron chi connectivity index (χ1n) is 6.35. The number of benzene rings is 1. The molecule has 0 aromatic heterocycles. The van der Waals surface area contributed by atoms with Gasteiger partial charge in [-0.25, -0.2) is 4.39 Å². The summed E-state index contributed by atoms with van der Waals surface area (Å²) in [7, 11) is 0. The van der Waals surface area contributed by atoms with Gasteiger partial charge in [0.25, 0.3) is 0 Å². The lowest BCUT2D eigenvalue weighted by molar-refractivity contribution is 0.185. The zero-order valence-corrected chi connectivity index (χ0v) is 10.5. The van der Waals surface area contributed by atoms with Gasteiger partial charge >= 0.3 is 0 Å². The third kappa shape index (κ3) is 3.27. The summed E-state index contributed by atoms with van der Waals surface area (Å²) in [6.07, 6.45) is 3.85. The fourth-order valence-electron chi connectivity index (χ4n) is 2.50. The molecule has 1 aromatic rings. The second-order valence-corrected chi connectivity index (χ2v) is 5.26. The highest BCUT2D eigenvalue weighted by Gasteiger charge is 2.25. The Labute approximate surface area is 103 Å². The predicted octanol–water partition coefficient (Wildman–Crippen LogP) is 2.49. The molecule has 0 amide bonds. The maximum atomic E-state index is 12.9. The van der Waals surface area contributed by atoms with E-state index in [9.17, 15) is 4.39 Å². The third-order valence-electron chi connectivity index (χ3n) is 3.50. The summed E-state index contributed by atoms with van der Waals surface area (Å²) >= 11 is 0. The fourth-order valence-corrected chi connectivity index (χ4v) is 2.50. The van der Waals surface area contributed by atoms with E-state index in [1.165, 1.54) is 31.4 Å². The van der Waals surface area contributed by atoms with Crippen LogP contribution in [0.5, 0.6) is 0 Å². The van der Waals surface area contributed by atoms with E-state index in [1.807, 2.05) is 6.92 Å². The molecule has 0 radical (unpaired) electrons. The second-order valence-electron chi connectivity index (χ2n) is 5.26. The van der Waals surface area contributed by atoms with Crippen molar-refractivity contribution in [2.75, 3.05) is 19.6 Å². The quantitative estimate of drug-likeness (QED) is 0.873. The van der Waals surface area contributed by atoms with Crippen LogP contribution in [0.1, 0.15) is 31.7 Å². The number of nitrogens with two attached hydrogens (primary N) is 1. The number of nitrogens with zero attached hydrogens (tertiary/aromatic N) is 1. The first-order chi connectivity index (χ1) is 8.08. The van der Waals surface area contributed by atoms with E-state index in [0.29, 0.717) is 0 Å². The molecule has 0 saturated carbocycles. The summed E-state index contributed by atoms with van der Waals surface area (Å²) in [5.41, 5.74) is 6.96. The van der Waals surface area contributed by atoms with Crippen molar-refractivity contribution in [2.45, 2.75) is 31.7 Å². The van der Waals surface area contributed by atoms with Crippen molar-refractivity contribution in [1.82, 2.24) is 4.90 Å². The topological polar surface area (TPSA) is 29.3 Å². The second kappa shape index (κ2) is 5.15. The monoisotopic (exact) mass is 236 g/mol. The molecule has 17 heavy (non-hydrogen) atoms. The molecule has 1 fully saturated rings. The van der Waals surface area contributed by atoms with E-state index in [0.717, 1.165) is 25.2 Å². The number of hydrogen-bond acceptors (Lipinski definition) is 2. The minimum Gasteiger partial charge on any atom is -0.321 e. The van der Waals surface area contributed by atoms with Crippen LogP contribution < -0.4 is 5.73 Å². The van der Waals surface area contributed by atoms with Gasteiger partial charge in [-0.3, -0.25) is 0 Å². The van der Waals surface area contributed by atoms with E-state index in [-0.39, 0.29) is 5.82 Å². The van der Waals surface area contributed by atoms with Gasteiger partial charge in [0.05, 0.1) is 5.54 Å². The molecule has 1 unspecified atom stereocenters. The summed E-state index contributed by atoms with van der Waals surface area (Å²) in [6, 6.07) is 6.55. The van der Waals surface area contributed by atoms with Crippen LogP contribution in [0.2, 0.25) is 0 Å². The molecular formula is C14H21FN2. The average Bonchev–Trinajstić information content (AvgIpc) is 2.30. The molecule has 1 aromatic carbocycles. The van der Waals surface area contributed by atoms with Gasteiger partial charge in [-0.2, -0.15) is 0 Å². The smallest absolute Gasteiger partial charge is 0.123 e. The predicted molar refractivity (Wildman–Crippen MR) is 68.2 cm³/mol. The largest absolute Gasteiger partial charge is 0.321 e. The summed E-state index contributed by atoms with van der Waals surface area (Å²) in [5.74, 6) is -0.206. The van der Waals surface area contributed by atoms with Gasteiger partial charge in [0, 0.05) is 6.54 Å². The standard InChI is InChI=1S/C14H21FN2/c1-14(16,11-17-9-3-2-4-10-17)12-5-7-13(15)8-6-12/h5-8H,2-4,9-11,16H2,1H3. The molecular weight excluding hydrogens is 215 g/mol. The first kappa shape index (κ1) is 12.5. The van der Waals surface area contributed by atoms with Gasteiger partial charge < -0.3 is 10.6 Å². The van der Waals surface area contributed by atoms with Gasteiger partial charge in [-0.1, -0.05) is 18.6 Å². The highest BCUT2D eigenvalue weighted by atomic mass is 19.1. The Balaban J connectivity index is 2.04. The maximum absolute atomic E-state index is 12.9. The van der Waals surface area contributed by atoms with E-state index in [2.05, 4.69) is 4.90 Å². The lowest BCUT2D eigenvalue weighted by Crippen LogP contribution is -2.47. The molecule has 1 aliphatic heterocycles. The summed E-state index contributed by atoms with van der Waals surface area (Å²) in [5, 5.41) is 0. The third-order valence-corrected chi connectivity index (χ3v) is 3.50. The minimum absolute atomic E-state index is 0.206. The average molecular weight is 236 g/mol. The molecule has 1 aliphatic rings. The molecule has 2 N–H and O–H groups in total. The van der Waals surface area contributed by atoms with Gasteiger partial charge in [0.1, 0.15) is 5.82 Å². The van der Waals surface area contributed by atoms with Crippen LogP contribution in [0, 0.1) is 5.82 Å². The van der Waals surface area contributed by atoms with Crippen LogP contribution in [0.4, 0.5) is 4.39 Å². The molecule has 0 spiro atoms. The molecule has 1 saturated heterocycles. The number of piperidine rings is 1. The van der Waals surface area contributed by atoms with Gasteiger partial charge in [0.15, 0.2) is 0 Å². The van der Waals surface area contributed by atoms with E-state index >= 15 is 0 Å². The Bertz CT molecular complexity index is 353. The van der Waals surface area contributed by atoms with Crippen molar-refractivity contribution in [1.29, 1.82) is 0 Å². The fraction of sp³-hybridized carbons (Fsp3) is 0.571. The molecule has 3 heteroatoms. The van der Waals surface area contributed by atoms with E-state index < -0.39 is 5.54 Å². The van der Waals surface area contributed by atoms with Crippen LogP contribution >= 0.6 is 0 Å². The van der Waals surface area contributed by atoms with Crippen LogP contribution in [-0.2, 0) is 5.54 Å². The van der Waals surface area contributed by atoms with E-state index in [4.69, 9.17) is 5.73 Å². The minimum atomic E-state index is -0.398. The van der Waals surface area contributed by atoms with Crippen LogP contribution in [0.25, 0.3) is 0 Å². The SMILES string of the molecule is CC(N)(CN1CCCCC1)c1ccc(F)cc1. The van der Waals surface area contributed by atoms with E-state index in [1.54, 1.807) is 12.1 Å². The lowest BCUT2D eigenvalue weighted by atomic mass is 9.92. The summed E-state index contributed by atoms with van der Waals surface area (Å²) in [4.78, 5) is 2.41. The van der Waals surface area contributed by atoms with Crippen molar-refractivity contribution in [3.05, 3.63) is 35.6 Å². The van der Waals surface area contributed by atoms with Crippen LogP contribution in [-0.4, -0.2) is 24.5 Å². The normalized spacial score (nSPS) is 21.1. The highest BCUT2D eigenvalue weighted by molar-refractivity contribution is 5.24. The van der Waals surface area contributed by atoms with Crippen molar-refractivity contribution in [3.63, 3.8) is 0 Å². The van der Waals surface area contributed by atoms with Crippen molar-refractivity contribution >= 4 is 0 Å². The Morgan fingerprint density at radius 2 is 1.76 bits per heavy atom. The molecule has 1 heterocycles. The Morgan fingerprint density at radius 3 is 2.35 bits per heavy atom. The van der Waals surface area contributed by atoms with Crippen LogP contribution in [0.3, 0.4) is 0 Å².